The van der Waals surface area contributed by atoms with Crippen LogP contribution in [0.3, 0.4) is 0 Å². The van der Waals surface area contributed by atoms with E-state index in [1.807, 2.05) is 19.1 Å². The van der Waals surface area contributed by atoms with E-state index < -0.39 is 14.6 Å². The van der Waals surface area contributed by atoms with Gasteiger partial charge in [-0.2, -0.15) is 0 Å². The largest absolute Gasteiger partial charge is 0.492 e. The fraction of sp³-hybridized carbons (Fsp3) is 0.625. The topological polar surface area (TPSA) is 69.4 Å². The summed E-state index contributed by atoms with van der Waals surface area (Å²) in [7, 11) is -3.17. The number of hydrogen-bond acceptors (Lipinski definition) is 4. The quantitative estimate of drug-likeness (QED) is 0.847. The Morgan fingerprint density at radius 1 is 1.24 bits per heavy atom. The van der Waals surface area contributed by atoms with Crippen molar-refractivity contribution in [1.29, 1.82) is 0 Å². The lowest BCUT2D eigenvalue weighted by Gasteiger charge is -2.20. The average Bonchev–Trinajstić information content (AvgIpc) is 2.31. The molecule has 1 rings (SSSR count). The van der Waals surface area contributed by atoms with E-state index in [0.717, 1.165) is 22.6 Å². The first-order valence-electron chi connectivity index (χ1n) is 7.21. The van der Waals surface area contributed by atoms with E-state index in [4.69, 9.17) is 10.5 Å². The van der Waals surface area contributed by atoms with Gasteiger partial charge in [-0.15, -0.1) is 0 Å². The second-order valence-corrected chi connectivity index (χ2v) is 9.54. The smallest absolute Gasteiger partial charge is 0.158 e. The number of hydrogen-bond donors (Lipinski definition) is 1. The van der Waals surface area contributed by atoms with Gasteiger partial charge >= 0.3 is 0 Å². The molecule has 0 saturated heterocycles. The van der Waals surface area contributed by atoms with Gasteiger partial charge in [0.1, 0.15) is 12.4 Å². The molecule has 0 amide bonds. The van der Waals surface area contributed by atoms with Crippen LogP contribution in [0.15, 0.2) is 12.1 Å². The van der Waals surface area contributed by atoms with Gasteiger partial charge in [-0.05, 0) is 56.9 Å². The predicted molar refractivity (Wildman–Crippen MR) is 88.7 cm³/mol. The minimum Gasteiger partial charge on any atom is -0.492 e. The van der Waals surface area contributed by atoms with Crippen molar-refractivity contribution in [2.45, 2.75) is 52.2 Å². The van der Waals surface area contributed by atoms with Gasteiger partial charge in [0.05, 0.1) is 10.5 Å². The number of benzene rings is 1. The second kappa shape index (κ2) is 6.26. The van der Waals surface area contributed by atoms with Gasteiger partial charge in [-0.1, -0.05) is 13.8 Å². The zero-order valence-corrected chi connectivity index (χ0v) is 14.7. The van der Waals surface area contributed by atoms with Gasteiger partial charge in [0.15, 0.2) is 9.84 Å². The van der Waals surface area contributed by atoms with E-state index in [1.54, 1.807) is 20.8 Å². The fourth-order valence-corrected chi connectivity index (χ4v) is 2.77. The van der Waals surface area contributed by atoms with E-state index in [9.17, 15) is 8.42 Å². The molecule has 0 radical (unpaired) electrons. The summed E-state index contributed by atoms with van der Waals surface area (Å²) in [5.41, 5.74) is 8.60. The third-order valence-electron chi connectivity index (χ3n) is 3.56. The highest BCUT2D eigenvalue weighted by Crippen LogP contribution is 2.31. The van der Waals surface area contributed by atoms with Crippen LogP contribution in [0.1, 0.15) is 51.7 Å². The van der Waals surface area contributed by atoms with Crippen molar-refractivity contribution in [3.8, 4) is 5.75 Å². The molecule has 21 heavy (non-hydrogen) atoms. The summed E-state index contributed by atoms with van der Waals surface area (Å²) < 4.78 is 29.1. The molecule has 0 aromatic heterocycles. The maximum absolute atomic E-state index is 12.1. The molecule has 5 heteroatoms. The van der Waals surface area contributed by atoms with Crippen LogP contribution < -0.4 is 10.5 Å². The van der Waals surface area contributed by atoms with Gasteiger partial charge in [0.2, 0.25) is 0 Å². The molecule has 4 nitrogen and oxygen atoms in total. The second-order valence-electron chi connectivity index (χ2n) is 6.68. The van der Waals surface area contributed by atoms with Crippen LogP contribution in [0.4, 0.5) is 5.69 Å². The highest BCUT2D eigenvalue weighted by atomic mass is 32.2. The lowest BCUT2D eigenvalue weighted by Crippen LogP contribution is -2.32. The van der Waals surface area contributed by atoms with Crippen molar-refractivity contribution in [3.63, 3.8) is 0 Å². The Hall–Kier alpha value is -1.23. The summed E-state index contributed by atoms with van der Waals surface area (Å²) in [6.45, 7) is 11.3. The summed E-state index contributed by atoms with van der Waals surface area (Å²) in [5, 5.41) is 0. The van der Waals surface area contributed by atoms with Gasteiger partial charge in [-0.25, -0.2) is 8.42 Å². The average molecular weight is 313 g/mol. The Morgan fingerprint density at radius 2 is 1.81 bits per heavy atom. The van der Waals surface area contributed by atoms with Gasteiger partial charge in [0.25, 0.3) is 0 Å². The minimum atomic E-state index is -3.17. The third kappa shape index (κ3) is 4.37. The van der Waals surface area contributed by atoms with Crippen LogP contribution >= 0.6 is 0 Å². The molecule has 0 spiro atoms. The van der Waals surface area contributed by atoms with Gasteiger partial charge in [-0.3, -0.25) is 0 Å². The molecular formula is C16H27NO3S. The van der Waals surface area contributed by atoms with Crippen molar-refractivity contribution >= 4 is 15.5 Å². The van der Waals surface area contributed by atoms with Crippen LogP contribution in [0.2, 0.25) is 0 Å². The van der Waals surface area contributed by atoms with Crippen LogP contribution in [-0.4, -0.2) is 25.5 Å². The molecular weight excluding hydrogens is 286 g/mol. The number of rotatable bonds is 5. The summed E-state index contributed by atoms with van der Waals surface area (Å²) in [6.07, 6.45) is 0. The van der Waals surface area contributed by atoms with Crippen molar-refractivity contribution < 1.29 is 13.2 Å². The Balaban J connectivity index is 2.88. The first kappa shape index (κ1) is 17.8. The number of sulfone groups is 1. The van der Waals surface area contributed by atoms with E-state index in [1.165, 1.54) is 0 Å². The first-order chi connectivity index (χ1) is 9.45. The Bertz CT molecular complexity index is 599. The predicted octanol–water partition coefficient (Wildman–Crippen LogP) is 3.29. The molecule has 0 aliphatic carbocycles. The van der Waals surface area contributed by atoms with Crippen LogP contribution in [-0.2, 0) is 9.84 Å². The Morgan fingerprint density at radius 3 is 2.29 bits per heavy atom. The first-order valence-corrected chi connectivity index (χ1v) is 8.86. The maximum Gasteiger partial charge on any atom is 0.158 e. The molecule has 0 fully saturated rings. The number of aryl methyl sites for hydroxylation is 1. The monoisotopic (exact) mass is 313 g/mol. The zero-order chi connectivity index (χ0) is 16.4. The molecule has 1 aromatic carbocycles. The fourth-order valence-electron chi connectivity index (χ4n) is 1.86. The van der Waals surface area contributed by atoms with Crippen molar-refractivity contribution in [2.75, 3.05) is 18.1 Å². The van der Waals surface area contributed by atoms with Gasteiger partial charge < -0.3 is 10.5 Å². The zero-order valence-electron chi connectivity index (χ0n) is 13.9. The van der Waals surface area contributed by atoms with Crippen molar-refractivity contribution in [1.82, 2.24) is 0 Å². The van der Waals surface area contributed by atoms with E-state index in [-0.39, 0.29) is 18.3 Å². The molecule has 0 unspecified atom stereocenters. The maximum atomic E-state index is 12.1. The Labute approximate surface area is 128 Å². The lowest BCUT2D eigenvalue weighted by atomic mass is 9.99. The molecule has 0 bridgehead atoms. The molecule has 0 aliphatic heterocycles. The highest BCUT2D eigenvalue weighted by Gasteiger charge is 2.28. The Kier molecular flexibility index (Phi) is 5.31. The van der Waals surface area contributed by atoms with Crippen LogP contribution in [0.25, 0.3) is 0 Å². The number of ether oxygens (including phenoxy) is 1. The highest BCUT2D eigenvalue weighted by molar-refractivity contribution is 7.92. The SMILES string of the molecule is Cc1cc(OCCS(=O)(=O)C(C)(C)C)c(C(C)C)cc1N. The molecule has 0 saturated carbocycles. The van der Waals surface area contributed by atoms with Crippen molar-refractivity contribution in [2.24, 2.45) is 0 Å². The van der Waals surface area contributed by atoms with E-state index in [2.05, 4.69) is 13.8 Å². The number of nitrogen functional groups attached to an aromatic ring is 1. The molecule has 2 N–H and O–H groups in total. The minimum absolute atomic E-state index is 0.0114. The summed E-state index contributed by atoms with van der Waals surface area (Å²) in [5.74, 6) is 1.00. The molecule has 1 aromatic rings. The number of nitrogens with two attached hydrogens (primary N) is 1. The molecule has 0 aliphatic rings. The molecule has 120 valence electrons. The summed E-state index contributed by atoms with van der Waals surface area (Å²) in [4.78, 5) is 0. The van der Waals surface area contributed by atoms with Crippen LogP contribution in [0.5, 0.6) is 5.75 Å². The molecule has 0 atom stereocenters. The van der Waals surface area contributed by atoms with Gasteiger partial charge in [0, 0.05) is 5.69 Å². The summed E-state index contributed by atoms with van der Waals surface area (Å²) >= 11 is 0. The van der Waals surface area contributed by atoms with E-state index >= 15 is 0 Å². The molecule has 0 heterocycles. The van der Waals surface area contributed by atoms with E-state index in [0.29, 0.717) is 0 Å². The standard InChI is InChI=1S/C16H27NO3S/c1-11(2)13-10-14(17)12(3)9-15(13)20-7-8-21(18,19)16(4,5)6/h9-11H,7-8,17H2,1-6H3. The van der Waals surface area contributed by atoms with Crippen LogP contribution in [0, 0.1) is 6.92 Å². The normalized spacial score (nSPS) is 12.7. The summed E-state index contributed by atoms with van der Waals surface area (Å²) in [6, 6.07) is 3.79. The number of anilines is 1. The lowest BCUT2D eigenvalue weighted by molar-refractivity contribution is 0.334. The van der Waals surface area contributed by atoms with Crippen molar-refractivity contribution in [3.05, 3.63) is 23.3 Å². The third-order valence-corrected chi connectivity index (χ3v) is 6.13.